The predicted octanol–water partition coefficient (Wildman–Crippen LogP) is 5.21. The van der Waals surface area contributed by atoms with Gasteiger partial charge in [-0.1, -0.05) is 54.1 Å². The van der Waals surface area contributed by atoms with E-state index in [1.807, 2.05) is 55.5 Å². The third-order valence-electron chi connectivity index (χ3n) is 3.86. The van der Waals surface area contributed by atoms with Crippen molar-refractivity contribution in [3.8, 4) is 0 Å². The summed E-state index contributed by atoms with van der Waals surface area (Å²) in [6.45, 7) is 5.67. The summed E-state index contributed by atoms with van der Waals surface area (Å²) in [5, 5.41) is 3.95. The molecule has 0 spiro atoms. The van der Waals surface area contributed by atoms with Gasteiger partial charge in [-0.3, -0.25) is 0 Å². The first-order chi connectivity index (χ1) is 12.2. The summed E-state index contributed by atoms with van der Waals surface area (Å²) in [4.78, 5) is 11.4. The molecule has 0 saturated carbocycles. The number of aromatic nitrogens is 2. The fraction of sp³-hybridized carbons (Fsp3) is 0.200. The molecule has 128 valence electrons. The Hall–Kier alpha value is -2.59. The highest BCUT2D eigenvalue weighted by atomic mass is 35.5. The summed E-state index contributed by atoms with van der Waals surface area (Å²) < 4.78 is 0. The van der Waals surface area contributed by atoms with Crippen LogP contribution in [0.3, 0.4) is 0 Å². The van der Waals surface area contributed by atoms with Crippen LogP contribution in [0.4, 0.5) is 17.5 Å². The fourth-order valence-corrected chi connectivity index (χ4v) is 2.77. The Bertz CT molecular complexity index is 836. The van der Waals surface area contributed by atoms with Gasteiger partial charge in [0.2, 0.25) is 5.95 Å². The molecule has 1 N–H and O–H groups in total. The Labute approximate surface area is 153 Å². The zero-order valence-corrected chi connectivity index (χ0v) is 15.2. The van der Waals surface area contributed by atoms with E-state index in [2.05, 4.69) is 39.2 Å². The summed E-state index contributed by atoms with van der Waals surface area (Å²) in [6, 6.07) is 19.9. The molecule has 1 aromatic heterocycles. The lowest BCUT2D eigenvalue weighted by Crippen LogP contribution is -2.24. The Morgan fingerprint density at radius 1 is 1.00 bits per heavy atom. The number of para-hydroxylation sites is 1. The van der Waals surface area contributed by atoms with E-state index in [-0.39, 0.29) is 0 Å². The molecule has 3 rings (SSSR count). The van der Waals surface area contributed by atoms with Crippen molar-refractivity contribution in [1.29, 1.82) is 0 Å². The molecule has 0 unspecified atom stereocenters. The van der Waals surface area contributed by atoms with Crippen LogP contribution in [0.2, 0.25) is 5.02 Å². The maximum atomic E-state index is 6.23. The number of nitrogens with one attached hydrogen (secondary N) is 1. The van der Waals surface area contributed by atoms with Crippen LogP contribution < -0.4 is 10.2 Å². The second-order valence-corrected chi connectivity index (χ2v) is 6.21. The van der Waals surface area contributed by atoms with Crippen LogP contribution in [0.25, 0.3) is 0 Å². The molecule has 0 saturated heterocycles. The highest BCUT2D eigenvalue weighted by molar-refractivity contribution is 6.33. The summed E-state index contributed by atoms with van der Waals surface area (Å²) in [7, 11) is 0. The maximum absolute atomic E-state index is 6.23. The van der Waals surface area contributed by atoms with Crippen molar-refractivity contribution in [3.05, 3.63) is 76.9 Å². The van der Waals surface area contributed by atoms with Gasteiger partial charge in [-0.15, -0.1) is 0 Å². The summed E-state index contributed by atoms with van der Waals surface area (Å²) in [5.41, 5.74) is 2.97. The van der Waals surface area contributed by atoms with Gasteiger partial charge < -0.3 is 10.2 Å². The van der Waals surface area contributed by atoms with Crippen molar-refractivity contribution < 1.29 is 0 Å². The van der Waals surface area contributed by atoms with Gasteiger partial charge >= 0.3 is 0 Å². The molecule has 0 aliphatic heterocycles. The van der Waals surface area contributed by atoms with E-state index in [0.29, 0.717) is 11.0 Å². The SMILES string of the molecule is CCN(Cc1ccccc1)c1nc(C)cc(Nc2ccccc2Cl)n1. The third kappa shape index (κ3) is 4.48. The Kier molecular flexibility index (Phi) is 5.51. The fourth-order valence-electron chi connectivity index (χ4n) is 2.59. The Morgan fingerprint density at radius 3 is 2.44 bits per heavy atom. The van der Waals surface area contributed by atoms with Crippen molar-refractivity contribution in [2.45, 2.75) is 20.4 Å². The smallest absolute Gasteiger partial charge is 0.227 e. The van der Waals surface area contributed by atoms with Crippen molar-refractivity contribution in [2.75, 3.05) is 16.8 Å². The number of halogens is 1. The van der Waals surface area contributed by atoms with Crippen molar-refractivity contribution >= 4 is 29.1 Å². The van der Waals surface area contributed by atoms with Crippen LogP contribution >= 0.6 is 11.6 Å². The van der Waals surface area contributed by atoms with Crippen molar-refractivity contribution in [2.24, 2.45) is 0 Å². The van der Waals surface area contributed by atoms with Crippen molar-refractivity contribution in [3.63, 3.8) is 0 Å². The average molecular weight is 353 g/mol. The van der Waals surface area contributed by atoms with E-state index in [4.69, 9.17) is 11.6 Å². The molecule has 3 aromatic rings. The molecule has 0 amide bonds. The first-order valence-electron chi connectivity index (χ1n) is 8.32. The van der Waals surface area contributed by atoms with Gasteiger partial charge in [0, 0.05) is 24.8 Å². The summed E-state index contributed by atoms with van der Waals surface area (Å²) >= 11 is 6.23. The highest BCUT2D eigenvalue weighted by Crippen LogP contribution is 2.25. The van der Waals surface area contributed by atoms with E-state index in [1.165, 1.54) is 5.56 Å². The maximum Gasteiger partial charge on any atom is 0.227 e. The second kappa shape index (κ2) is 7.99. The number of anilines is 3. The topological polar surface area (TPSA) is 41.1 Å². The third-order valence-corrected chi connectivity index (χ3v) is 4.19. The molecule has 25 heavy (non-hydrogen) atoms. The zero-order chi connectivity index (χ0) is 17.6. The number of rotatable bonds is 6. The van der Waals surface area contributed by atoms with Gasteiger partial charge in [-0.05, 0) is 31.5 Å². The van der Waals surface area contributed by atoms with E-state index >= 15 is 0 Å². The van der Waals surface area contributed by atoms with Crippen molar-refractivity contribution in [1.82, 2.24) is 9.97 Å². The van der Waals surface area contributed by atoms with Crippen LogP contribution in [-0.4, -0.2) is 16.5 Å². The lowest BCUT2D eigenvalue weighted by Gasteiger charge is -2.22. The normalized spacial score (nSPS) is 10.5. The zero-order valence-electron chi connectivity index (χ0n) is 14.4. The molecular weight excluding hydrogens is 332 g/mol. The second-order valence-electron chi connectivity index (χ2n) is 5.80. The van der Waals surface area contributed by atoms with Crippen LogP contribution in [0.15, 0.2) is 60.7 Å². The molecule has 0 radical (unpaired) electrons. The van der Waals surface area contributed by atoms with E-state index in [1.54, 1.807) is 0 Å². The molecule has 0 fully saturated rings. The molecule has 1 heterocycles. The molecule has 0 bridgehead atoms. The summed E-state index contributed by atoms with van der Waals surface area (Å²) in [6.07, 6.45) is 0. The summed E-state index contributed by atoms with van der Waals surface area (Å²) in [5.74, 6) is 1.45. The number of hydrogen-bond donors (Lipinski definition) is 1. The standard InChI is InChI=1S/C20H21ClN4/c1-3-25(14-16-9-5-4-6-10-16)20-22-15(2)13-19(24-20)23-18-12-8-7-11-17(18)21/h4-13H,3,14H2,1-2H3,(H,22,23,24). The average Bonchev–Trinajstić information content (AvgIpc) is 2.62. The first-order valence-corrected chi connectivity index (χ1v) is 8.69. The lowest BCUT2D eigenvalue weighted by molar-refractivity contribution is 0.788. The van der Waals surface area contributed by atoms with Gasteiger partial charge in [-0.25, -0.2) is 4.98 Å². The minimum Gasteiger partial charge on any atom is -0.339 e. The van der Waals surface area contributed by atoms with E-state index in [0.717, 1.165) is 30.3 Å². The number of benzene rings is 2. The molecule has 0 atom stereocenters. The predicted molar refractivity (Wildman–Crippen MR) is 105 cm³/mol. The molecule has 0 aliphatic carbocycles. The molecule has 0 aliphatic rings. The largest absolute Gasteiger partial charge is 0.339 e. The van der Waals surface area contributed by atoms with Gasteiger partial charge in [0.15, 0.2) is 0 Å². The van der Waals surface area contributed by atoms with Gasteiger partial charge in [0.1, 0.15) is 5.82 Å². The minimum absolute atomic E-state index is 0.664. The van der Waals surface area contributed by atoms with Crippen LogP contribution in [0.5, 0.6) is 0 Å². The number of aryl methyl sites for hydroxylation is 1. The highest BCUT2D eigenvalue weighted by Gasteiger charge is 2.11. The first kappa shape index (κ1) is 17.2. The number of hydrogen-bond acceptors (Lipinski definition) is 4. The number of nitrogens with zero attached hydrogens (tertiary/aromatic N) is 3. The monoisotopic (exact) mass is 352 g/mol. The quantitative estimate of drug-likeness (QED) is 0.661. The lowest BCUT2D eigenvalue weighted by atomic mass is 10.2. The molecular formula is C20H21ClN4. The van der Waals surface area contributed by atoms with Gasteiger partial charge in [0.25, 0.3) is 0 Å². The van der Waals surface area contributed by atoms with Crippen LogP contribution in [0, 0.1) is 6.92 Å². The molecule has 4 nitrogen and oxygen atoms in total. The molecule has 2 aromatic carbocycles. The van der Waals surface area contributed by atoms with Crippen LogP contribution in [-0.2, 0) is 6.54 Å². The molecule has 5 heteroatoms. The van der Waals surface area contributed by atoms with Crippen LogP contribution in [0.1, 0.15) is 18.2 Å². The Morgan fingerprint density at radius 2 is 1.72 bits per heavy atom. The van der Waals surface area contributed by atoms with E-state index < -0.39 is 0 Å². The minimum atomic E-state index is 0.664. The van der Waals surface area contributed by atoms with Gasteiger partial charge in [0.05, 0.1) is 10.7 Å². The van der Waals surface area contributed by atoms with E-state index in [9.17, 15) is 0 Å². The van der Waals surface area contributed by atoms with Gasteiger partial charge in [-0.2, -0.15) is 4.98 Å². The Balaban J connectivity index is 1.86.